The summed E-state index contributed by atoms with van der Waals surface area (Å²) in [5.74, 6) is -0.879. The minimum Gasteiger partial charge on any atom is -0.375 e. The smallest absolute Gasteiger partial charge is 0.261 e. The summed E-state index contributed by atoms with van der Waals surface area (Å²) in [6.07, 6.45) is -0.268. The monoisotopic (exact) mass is 239 g/mol. The van der Waals surface area contributed by atoms with E-state index >= 15 is 0 Å². The second-order valence-electron chi connectivity index (χ2n) is 3.86. The van der Waals surface area contributed by atoms with Crippen LogP contribution < -0.4 is 5.32 Å². The first-order chi connectivity index (χ1) is 7.45. The lowest BCUT2D eigenvalue weighted by Gasteiger charge is -2.19. The number of rotatable bonds is 2. The van der Waals surface area contributed by atoms with Gasteiger partial charge in [0.2, 0.25) is 0 Å². The van der Waals surface area contributed by atoms with Gasteiger partial charge in [-0.1, -0.05) is 17.7 Å². The normalized spacial score (nSPS) is 22.8. The number of nitrogens with one attached hydrogen (secondary N) is 1. The molecule has 1 aromatic rings. The van der Waals surface area contributed by atoms with Crippen LogP contribution in [0.4, 0.5) is 5.69 Å². The molecule has 1 amide bonds. The molecule has 0 radical (unpaired) electrons. The molecule has 0 saturated carbocycles. The lowest BCUT2D eigenvalue weighted by molar-refractivity contribution is -0.139. The van der Waals surface area contributed by atoms with Crippen LogP contribution in [0, 0.1) is 0 Å². The molecule has 1 aliphatic rings. The number of hydrogen-bond acceptors (Lipinski definition) is 3. The van der Waals surface area contributed by atoms with E-state index in [1.54, 1.807) is 18.2 Å². The highest BCUT2D eigenvalue weighted by molar-refractivity contribution is 6.33. The van der Waals surface area contributed by atoms with Crippen LogP contribution >= 0.6 is 11.6 Å². The molecule has 0 unspecified atom stereocenters. The molecule has 0 aromatic heterocycles. The summed E-state index contributed by atoms with van der Waals surface area (Å²) in [4.78, 5) is 22.8. The summed E-state index contributed by atoms with van der Waals surface area (Å²) in [7, 11) is 0. The minimum atomic E-state index is -1.83. The van der Waals surface area contributed by atoms with E-state index in [0.29, 0.717) is 5.69 Å². The molecular weight excluding hydrogens is 230 g/mol. The Bertz CT molecular complexity index is 486. The molecule has 0 bridgehead atoms. The van der Waals surface area contributed by atoms with Gasteiger partial charge in [-0.15, -0.1) is 0 Å². The summed E-state index contributed by atoms with van der Waals surface area (Å²) in [6, 6.07) is 4.88. The lowest BCUT2D eigenvalue weighted by atomic mass is 9.90. The van der Waals surface area contributed by atoms with Crippen LogP contribution in [0.1, 0.15) is 18.9 Å². The van der Waals surface area contributed by atoms with Crippen LogP contribution in [0.5, 0.6) is 0 Å². The second-order valence-corrected chi connectivity index (χ2v) is 4.26. The van der Waals surface area contributed by atoms with E-state index in [0.717, 1.165) is 0 Å². The van der Waals surface area contributed by atoms with Gasteiger partial charge in [0, 0.05) is 22.7 Å². The van der Waals surface area contributed by atoms with E-state index in [1.165, 1.54) is 6.92 Å². The summed E-state index contributed by atoms with van der Waals surface area (Å²) in [5.41, 5.74) is -1.09. The first-order valence-electron chi connectivity index (χ1n) is 4.77. The largest absolute Gasteiger partial charge is 0.375 e. The van der Waals surface area contributed by atoms with Gasteiger partial charge in [0.15, 0.2) is 5.60 Å². The fourth-order valence-corrected chi connectivity index (χ4v) is 2.25. The number of amides is 1. The molecule has 84 valence electrons. The minimum absolute atomic E-state index is 0.268. The Morgan fingerprint density at radius 2 is 2.25 bits per heavy atom. The van der Waals surface area contributed by atoms with Gasteiger partial charge in [0.05, 0.1) is 0 Å². The number of Topliss-reactive ketones (excluding diaryl/α,β-unsaturated/α-hetero) is 1. The first-order valence-corrected chi connectivity index (χ1v) is 5.15. The Kier molecular flexibility index (Phi) is 2.48. The maximum Gasteiger partial charge on any atom is 0.261 e. The van der Waals surface area contributed by atoms with Gasteiger partial charge in [-0.3, -0.25) is 9.59 Å². The number of ketones is 1. The molecule has 0 fully saturated rings. The Balaban J connectivity index is 2.58. The van der Waals surface area contributed by atoms with Crippen molar-refractivity contribution >= 4 is 29.0 Å². The number of aliphatic hydroxyl groups is 1. The summed E-state index contributed by atoms with van der Waals surface area (Å²) >= 11 is 5.94. The molecule has 1 aromatic carbocycles. The van der Waals surface area contributed by atoms with Gasteiger partial charge in [0.25, 0.3) is 5.91 Å². The molecule has 5 heteroatoms. The highest BCUT2D eigenvalue weighted by atomic mass is 35.5. The van der Waals surface area contributed by atoms with Crippen molar-refractivity contribution in [3.8, 4) is 0 Å². The van der Waals surface area contributed by atoms with Crippen LogP contribution in [0.2, 0.25) is 5.02 Å². The number of hydrogen-bond donors (Lipinski definition) is 2. The van der Waals surface area contributed by atoms with E-state index in [-0.39, 0.29) is 22.8 Å². The number of carbonyl (C=O) groups excluding carboxylic acids is 2. The van der Waals surface area contributed by atoms with Crippen molar-refractivity contribution in [2.45, 2.75) is 18.9 Å². The highest BCUT2D eigenvalue weighted by Gasteiger charge is 2.47. The van der Waals surface area contributed by atoms with Crippen molar-refractivity contribution in [2.24, 2.45) is 0 Å². The molecule has 0 saturated heterocycles. The molecule has 1 aliphatic heterocycles. The quantitative estimate of drug-likeness (QED) is 0.821. The first kappa shape index (κ1) is 11.1. The Morgan fingerprint density at radius 1 is 1.56 bits per heavy atom. The fourth-order valence-electron chi connectivity index (χ4n) is 1.92. The maximum atomic E-state index is 11.7. The Morgan fingerprint density at radius 3 is 2.88 bits per heavy atom. The molecule has 4 nitrogen and oxygen atoms in total. The average Bonchev–Trinajstić information content (AvgIpc) is 2.39. The van der Waals surface area contributed by atoms with Crippen LogP contribution in [0.15, 0.2) is 18.2 Å². The number of benzene rings is 1. The number of anilines is 1. The number of halogens is 1. The summed E-state index contributed by atoms with van der Waals surface area (Å²) in [5, 5.41) is 13.0. The molecular formula is C11H10ClNO3. The standard InChI is InChI=1S/C11H10ClNO3/c1-6(14)5-11(16)9-7(12)3-2-4-8(9)13-10(11)15/h2-4,16H,5H2,1H3,(H,13,15)/t11-/m0/s1. The number of carbonyl (C=O) groups is 2. The molecule has 2 N–H and O–H groups in total. The fraction of sp³-hybridized carbons (Fsp3) is 0.273. The molecule has 1 heterocycles. The third-order valence-corrected chi connectivity index (χ3v) is 2.87. The SMILES string of the molecule is CC(=O)C[C@@]1(O)C(=O)Nc2cccc(Cl)c21. The summed E-state index contributed by atoms with van der Waals surface area (Å²) < 4.78 is 0. The van der Waals surface area contributed by atoms with E-state index in [2.05, 4.69) is 5.32 Å². The molecule has 16 heavy (non-hydrogen) atoms. The average molecular weight is 240 g/mol. The van der Waals surface area contributed by atoms with Gasteiger partial charge < -0.3 is 10.4 Å². The zero-order valence-electron chi connectivity index (χ0n) is 8.58. The van der Waals surface area contributed by atoms with E-state index in [1.807, 2.05) is 0 Å². The predicted molar refractivity (Wildman–Crippen MR) is 59.3 cm³/mol. The Labute approximate surface area is 97.2 Å². The molecule has 2 rings (SSSR count). The van der Waals surface area contributed by atoms with Crippen LogP contribution in [-0.2, 0) is 15.2 Å². The predicted octanol–water partition coefficient (Wildman–Crippen LogP) is 1.46. The van der Waals surface area contributed by atoms with E-state index < -0.39 is 11.5 Å². The van der Waals surface area contributed by atoms with Crippen molar-refractivity contribution in [1.29, 1.82) is 0 Å². The van der Waals surface area contributed by atoms with Gasteiger partial charge in [0.1, 0.15) is 5.78 Å². The lowest BCUT2D eigenvalue weighted by Crippen LogP contribution is -2.36. The molecule has 0 aliphatic carbocycles. The topological polar surface area (TPSA) is 66.4 Å². The van der Waals surface area contributed by atoms with Crippen LogP contribution in [0.3, 0.4) is 0 Å². The maximum absolute atomic E-state index is 11.7. The van der Waals surface area contributed by atoms with Crippen LogP contribution in [-0.4, -0.2) is 16.8 Å². The third kappa shape index (κ3) is 1.50. The van der Waals surface area contributed by atoms with Gasteiger partial charge in [-0.05, 0) is 19.1 Å². The zero-order valence-corrected chi connectivity index (χ0v) is 9.34. The van der Waals surface area contributed by atoms with Crippen molar-refractivity contribution in [3.63, 3.8) is 0 Å². The van der Waals surface area contributed by atoms with Gasteiger partial charge in [-0.25, -0.2) is 0 Å². The number of fused-ring (bicyclic) bond motifs is 1. The van der Waals surface area contributed by atoms with Crippen molar-refractivity contribution in [1.82, 2.24) is 0 Å². The van der Waals surface area contributed by atoms with E-state index in [4.69, 9.17) is 11.6 Å². The van der Waals surface area contributed by atoms with Gasteiger partial charge in [-0.2, -0.15) is 0 Å². The molecule has 0 spiro atoms. The van der Waals surface area contributed by atoms with E-state index in [9.17, 15) is 14.7 Å². The van der Waals surface area contributed by atoms with Crippen LogP contribution in [0.25, 0.3) is 0 Å². The van der Waals surface area contributed by atoms with Crippen molar-refractivity contribution < 1.29 is 14.7 Å². The highest BCUT2D eigenvalue weighted by Crippen LogP contribution is 2.42. The zero-order chi connectivity index (χ0) is 11.9. The van der Waals surface area contributed by atoms with Gasteiger partial charge >= 0.3 is 0 Å². The third-order valence-electron chi connectivity index (χ3n) is 2.56. The van der Waals surface area contributed by atoms with Crippen molar-refractivity contribution in [2.75, 3.05) is 5.32 Å². The Hall–Kier alpha value is -1.39. The summed E-state index contributed by atoms with van der Waals surface area (Å²) in [6.45, 7) is 1.32. The second kappa shape index (κ2) is 3.57. The van der Waals surface area contributed by atoms with Crippen molar-refractivity contribution in [3.05, 3.63) is 28.8 Å². The molecule has 1 atom stereocenters.